The van der Waals surface area contributed by atoms with Crippen LogP contribution < -0.4 is 10.6 Å². The third-order valence-corrected chi connectivity index (χ3v) is 3.53. The summed E-state index contributed by atoms with van der Waals surface area (Å²) in [6.45, 7) is 3.16. The summed E-state index contributed by atoms with van der Waals surface area (Å²) in [5.41, 5.74) is 2.83. The topological polar surface area (TPSA) is 97.4 Å². The lowest BCUT2D eigenvalue weighted by Gasteiger charge is -2.11. The minimum atomic E-state index is -0.699. The molecule has 0 aliphatic carbocycles. The second-order valence-electron chi connectivity index (χ2n) is 5.36. The van der Waals surface area contributed by atoms with Crippen LogP contribution in [0.15, 0.2) is 42.6 Å². The van der Waals surface area contributed by atoms with Crippen molar-refractivity contribution in [1.82, 2.24) is 10.3 Å². The van der Waals surface area contributed by atoms with Crippen molar-refractivity contribution in [3.05, 3.63) is 59.4 Å². The lowest BCUT2D eigenvalue weighted by Crippen LogP contribution is -2.35. The SMILES string of the molecule is Cc1cccc(NC(=O)CNC(=O)COC(=O)c2ccccn2)c1C. The molecule has 25 heavy (non-hydrogen) atoms. The number of ether oxygens (including phenoxy) is 1. The van der Waals surface area contributed by atoms with Gasteiger partial charge in [-0.1, -0.05) is 18.2 Å². The van der Waals surface area contributed by atoms with Gasteiger partial charge in [-0.3, -0.25) is 9.59 Å². The number of carbonyl (C=O) groups excluding carboxylic acids is 3. The van der Waals surface area contributed by atoms with Crippen LogP contribution in [0.4, 0.5) is 5.69 Å². The second-order valence-corrected chi connectivity index (χ2v) is 5.36. The van der Waals surface area contributed by atoms with Gasteiger partial charge >= 0.3 is 5.97 Å². The van der Waals surface area contributed by atoms with Gasteiger partial charge in [0, 0.05) is 11.9 Å². The van der Waals surface area contributed by atoms with E-state index in [1.165, 1.54) is 12.3 Å². The lowest BCUT2D eigenvalue weighted by atomic mass is 10.1. The summed E-state index contributed by atoms with van der Waals surface area (Å²) in [5.74, 6) is -1.63. The minimum Gasteiger partial charge on any atom is -0.451 e. The Morgan fingerprint density at radius 3 is 2.56 bits per heavy atom. The van der Waals surface area contributed by atoms with Gasteiger partial charge in [-0.25, -0.2) is 9.78 Å². The van der Waals surface area contributed by atoms with Crippen LogP contribution in [0.2, 0.25) is 0 Å². The standard InChI is InChI=1S/C18H19N3O4/c1-12-6-5-8-14(13(12)2)21-16(22)10-20-17(23)11-25-18(24)15-7-3-4-9-19-15/h3-9H,10-11H2,1-2H3,(H,20,23)(H,21,22). The summed E-state index contributed by atoms with van der Waals surface area (Å²) >= 11 is 0. The summed E-state index contributed by atoms with van der Waals surface area (Å²) in [5, 5.41) is 5.12. The average Bonchev–Trinajstić information content (AvgIpc) is 2.62. The Bertz CT molecular complexity index is 775. The van der Waals surface area contributed by atoms with E-state index in [0.717, 1.165) is 11.1 Å². The fourth-order valence-electron chi connectivity index (χ4n) is 2.00. The van der Waals surface area contributed by atoms with Crippen LogP contribution in [0.5, 0.6) is 0 Å². The monoisotopic (exact) mass is 341 g/mol. The maximum absolute atomic E-state index is 11.9. The molecule has 0 aliphatic heterocycles. The van der Waals surface area contributed by atoms with E-state index in [2.05, 4.69) is 15.6 Å². The Morgan fingerprint density at radius 2 is 1.84 bits per heavy atom. The van der Waals surface area contributed by atoms with Crippen molar-refractivity contribution in [3.8, 4) is 0 Å². The number of anilines is 1. The molecule has 2 amide bonds. The molecule has 1 aromatic heterocycles. The van der Waals surface area contributed by atoms with E-state index in [1.807, 2.05) is 26.0 Å². The van der Waals surface area contributed by atoms with Crippen molar-refractivity contribution in [2.24, 2.45) is 0 Å². The molecule has 7 nitrogen and oxygen atoms in total. The van der Waals surface area contributed by atoms with Crippen molar-refractivity contribution in [2.45, 2.75) is 13.8 Å². The molecule has 130 valence electrons. The molecule has 2 rings (SSSR count). The van der Waals surface area contributed by atoms with Crippen LogP contribution in [0.3, 0.4) is 0 Å². The van der Waals surface area contributed by atoms with Crippen molar-refractivity contribution in [2.75, 3.05) is 18.5 Å². The zero-order valence-corrected chi connectivity index (χ0v) is 14.0. The molecule has 2 aromatic rings. The predicted molar refractivity (Wildman–Crippen MR) is 92.1 cm³/mol. The first-order valence-electron chi connectivity index (χ1n) is 7.68. The van der Waals surface area contributed by atoms with Crippen LogP contribution in [-0.4, -0.2) is 35.9 Å². The number of nitrogens with one attached hydrogen (secondary N) is 2. The van der Waals surface area contributed by atoms with E-state index >= 15 is 0 Å². The van der Waals surface area contributed by atoms with E-state index in [-0.39, 0.29) is 18.1 Å². The van der Waals surface area contributed by atoms with Crippen LogP contribution >= 0.6 is 0 Å². The highest BCUT2D eigenvalue weighted by atomic mass is 16.5. The number of pyridine rings is 1. The number of esters is 1. The number of hydrogen-bond donors (Lipinski definition) is 2. The summed E-state index contributed by atoms with van der Waals surface area (Å²) in [7, 11) is 0. The Hall–Kier alpha value is -3.22. The highest BCUT2D eigenvalue weighted by molar-refractivity contribution is 5.95. The number of hydrogen-bond acceptors (Lipinski definition) is 5. The highest BCUT2D eigenvalue weighted by Gasteiger charge is 2.12. The van der Waals surface area contributed by atoms with Crippen LogP contribution in [0.1, 0.15) is 21.6 Å². The Balaban J connectivity index is 1.75. The maximum Gasteiger partial charge on any atom is 0.357 e. The molecule has 2 N–H and O–H groups in total. The van der Waals surface area contributed by atoms with Crippen LogP contribution in [0, 0.1) is 13.8 Å². The third kappa shape index (κ3) is 5.42. The molecule has 0 radical (unpaired) electrons. The number of carbonyl (C=O) groups is 3. The predicted octanol–water partition coefficient (Wildman–Crippen LogP) is 1.61. The quantitative estimate of drug-likeness (QED) is 0.778. The van der Waals surface area contributed by atoms with Crippen molar-refractivity contribution in [3.63, 3.8) is 0 Å². The summed E-state index contributed by atoms with van der Waals surface area (Å²) in [6.07, 6.45) is 1.45. The molecule has 1 heterocycles. The zero-order chi connectivity index (χ0) is 18.2. The molecule has 7 heteroatoms. The Kier molecular flexibility index (Phi) is 6.22. The van der Waals surface area contributed by atoms with Gasteiger partial charge in [0.25, 0.3) is 5.91 Å². The summed E-state index contributed by atoms with van der Waals surface area (Å²) in [6, 6.07) is 10.4. The van der Waals surface area contributed by atoms with Gasteiger partial charge in [0.15, 0.2) is 6.61 Å². The number of aryl methyl sites for hydroxylation is 1. The van der Waals surface area contributed by atoms with E-state index in [1.54, 1.807) is 18.2 Å². The van der Waals surface area contributed by atoms with Gasteiger partial charge in [0.05, 0.1) is 6.54 Å². The molecule has 1 aromatic carbocycles. The molecule has 0 unspecified atom stereocenters. The van der Waals surface area contributed by atoms with Gasteiger partial charge in [0.2, 0.25) is 5.91 Å². The minimum absolute atomic E-state index is 0.114. The Morgan fingerprint density at radius 1 is 1.04 bits per heavy atom. The fourth-order valence-corrected chi connectivity index (χ4v) is 2.00. The van der Waals surface area contributed by atoms with Gasteiger partial charge in [0.1, 0.15) is 5.69 Å². The molecule has 0 fully saturated rings. The Labute approximate surface area is 145 Å². The first kappa shape index (κ1) is 18.1. The lowest BCUT2D eigenvalue weighted by molar-refractivity contribution is -0.126. The van der Waals surface area contributed by atoms with E-state index in [0.29, 0.717) is 5.69 Å². The van der Waals surface area contributed by atoms with Crippen LogP contribution in [0.25, 0.3) is 0 Å². The van der Waals surface area contributed by atoms with Crippen molar-refractivity contribution in [1.29, 1.82) is 0 Å². The average molecular weight is 341 g/mol. The van der Waals surface area contributed by atoms with E-state index in [4.69, 9.17) is 4.74 Å². The first-order valence-corrected chi connectivity index (χ1v) is 7.68. The third-order valence-electron chi connectivity index (χ3n) is 3.53. The molecular formula is C18H19N3O4. The van der Waals surface area contributed by atoms with Crippen molar-refractivity contribution < 1.29 is 19.1 Å². The summed E-state index contributed by atoms with van der Waals surface area (Å²) < 4.78 is 4.83. The molecule has 0 bridgehead atoms. The van der Waals surface area contributed by atoms with Crippen LogP contribution in [-0.2, 0) is 14.3 Å². The zero-order valence-electron chi connectivity index (χ0n) is 14.0. The highest BCUT2D eigenvalue weighted by Crippen LogP contribution is 2.17. The van der Waals surface area contributed by atoms with Gasteiger partial charge in [-0.2, -0.15) is 0 Å². The fraction of sp³-hybridized carbons (Fsp3) is 0.222. The molecule has 0 atom stereocenters. The molecule has 0 saturated heterocycles. The first-order chi connectivity index (χ1) is 12.0. The summed E-state index contributed by atoms with van der Waals surface area (Å²) in [4.78, 5) is 39.0. The number of amides is 2. The number of rotatable bonds is 6. The van der Waals surface area contributed by atoms with E-state index in [9.17, 15) is 14.4 Å². The number of aromatic nitrogens is 1. The second kappa shape index (κ2) is 8.58. The largest absolute Gasteiger partial charge is 0.451 e. The van der Waals surface area contributed by atoms with Gasteiger partial charge in [-0.05, 0) is 43.2 Å². The number of nitrogens with zero attached hydrogens (tertiary/aromatic N) is 1. The van der Waals surface area contributed by atoms with Crippen molar-refractivity contribution >= 4 is 23.5 Å². The molecule has 0 saturated carbocycles. The molecule has 0 spiro atoms. The van der Waals surface area contributed by atoms with Gasteiger partial charge < -0.3 is 15.4 Å². The molecular weight excluding hydrogens is 322 g/mol. The maximum atomic E-state index is 11.9. The number of benzene rings is 1. The normalized spacial score (nSPS) is 10.0. The smallest absolute Gasteiger partial charge is 0.357 e. The van der Waals surface area contributed by atoms with Gasteiger partial charge in [-0.15, -0.1) is 0 Å². The molecule has 0 aliphatic rings. The van der Waals surface area contributed by atoms with E-state index < -0.39 is 18.5 Å².